The van der Waals surface area contributed by atoms with E-state index in [1.54, 1.807) is 0 Å². The lowest BCUT2D eigenvalue weighted by Gasteiger charge is -2.34. The van der Waals surface area contributed by atoms with Crippen molar-refractivity contribution in [1.82, 2.24) is 10.6 Å². The number of hydrogen-bond donors (Lipinski definition) is 3. The van der Waals surface area contributed by atoms with Crippen LogP contribution < -0.4 is 16.0 Å². The zero-order valence-electron chi connectivity index (χ0n) is 14.3. The van der Waals surface area contributed by atoms with Gasteiger partial charge >= 0.3 is 6.03 Å². The molecule has 0 aromatic heterocycles. The van der Waals surface area contributed by atoms with Crippen LogP contribution in [0.15, 0.2) is 60.8 Å². The number of urea groups is 1. The van der Waals surface area contributed by atoms with Gasteiger partial charge in [0.15, 0.2) is 0 Å². The predicted molar refractivity (Wildman–Crippen MR) is 98.0 cm³/mol. The van der Waals surface area contributed by atoms with E-state index in [0.717, 1.165) is 22.4 Å². The van der Waals surface area contributed by atoms with Crippen LogP contribution in [0.2, 0.25) is 0 Å². The van der Waals surface area contributed by atoms with Crippen LogP contribution in [-0.2, 0) is 4.79 Å². The molecule has 2 aromatic carbocycles. The van der Waals surface area contributed by atoms with Crippen molar-refractivity contribution in [2.24, 2.45) is 5.92 Å². The summed E-state index contributed by atoms with van der Waals surface area (Å²) in [6, 6.07) is 14.5. The first-order valence-corrected chi connectivity index (χ1v) is 8.15. The van der Waals surface area contributed by atoms with Gasteiger partial charge in [-0.15, -0.1) is 0 Å². The minimum Gasteiger partial charge on any atom is -0.330 e. The summed E-state index contributed by atoms with van der Waals surface area (Å²) in [5.41, 5.74) is 4.09. The molecule has 2 aromatic rings. The van der Waals surface area contributed by atoms with Crippen LogP contribution >= 0.6 is 0 Å². The average molecular weight is 335 g/mol. The summed E-state index contributed by atoms with van der Waals surface area (Å²) in [5, 5.41) is 8.40. The normalized spacial score (nSPS) is 19.8. The smallest absolute Gasteiger partial charge is 0.319 e. The molecule has 5 heteroatoms. The molecule has 0 saturated carbocycles. The van der Waals surface area contributed by atoms with Gasteiger partial charge in [0.2, 0.25) is 5.91 Å². The van der Waals surface area contributed by atoms with E-state index in [0.29, 0.717) is 5.70 Å². The number of para-hydroxylation sites is 1. The second-order valence-electron chi connectivity index (χ2n) is 6.29. The van der Waals surface area contributed by atoms with Crippen molar-refractivity contribution in [3.8, 4) is 0 Å². The number of rotatable bonds is 3. The molecular formula is C20H21N3O2. The van der Waals surface area contributed by atoms with Gasteiger partial charge in [-0.2, -0.15) is 0 Å². The van der Waals surface area contributed by atoms with Gasteiger partial charge in [0.25, 0.3) is 0 Å². The number of carbonyl (C=O) groups excluding carboxylic acids is 2. The van der Waals surface area contributed by atoms with Gasteiger partial charge in [-0.05, 0) is 31.0 Å². The van der Waals surface area contributed by atoms with Crippen LogP contribution in [-0.4, -0.2) is 11.9 Å². The fourth-order valence-corrected chi connectivity index (χ4v) is 2.97. The Morgan fingerprint density at radius 2 is 1.76 bits per heavy atom. The van der Waals surface area contributed by atoms with Gasteiger partial charge in [-0.3, -0.25) is 4.79 Å². The number of anilines is 1. The van der Waals surface area contributed by atoms with E-state index in [-0.39, 0.29) is 11.9 Å². The van der Waals surface area contributed by atoms with E-state index in [1.165, 1.54) is 0 Å². The molecule has 2 unspecified atom stereocenters. The number of aryl methyl sites for hydroxylation is 2. The molecule has 1 aliphatic heterocycles. The van der Waals surface area contributed by atoms with Crippen molar-refractivity contribution in [3.05, 3.63) is 77.5 Å². The molecule has 2 atom stereocenters. The van der Waals surface area contributed by atoms with Crippen molar-refractivity contribution in [2.75, 3.05) is 5.32 Å². The molecule has 1 fully saturated rings. The van der Waals surface area contributed by atoms with E-state index in [1.807, 2.05) is 62.4 Å². The molecule has 3 N–H and O–H groups in total. The Morgan fingerprint density at radius 1 is 1.08 bits per heavy atom. The second-order valence-corrected chi connectivity index (χ2v) is 6.29. The third-order valence-electron chi connectivity index (χ3n) is 4.39. The van der Waals surface area contributed by atoms with Gasteiger partial charge in [-0.25, -0.2) is 4.79 Å². The molecule has 3 rings (SSSR count). The maximum Gasteiger partial charge on any atom is 0.319 e. The van der Waals surface area contributed by atoms with Gasteiger partial charge < -0.3 is 16.0 Å². The SMILES string of the molecule is C=C1NC(=O)NC(c2ccc(C)cc2)C1C(=O)Nc1ccccc1C. The Balaban J connectivity index is 1.90. The van der Waals surface area contributed by atoms with E-state index in [4.69, 9.17) is 0 Å². The van der Waals surface area contributed by atoms with Crippen molar-refractivity contribution in [2.45, 2.75) is 19.9 Å². The highest BCUT2D eigenvalue weighted by atomic mass is 16.2. The van der Waals surface area contributed by atoms with Crippen molar-refractivity contribution in [3.63, 3.8) is 0 Å². The number of nitrogens with one attached hydrogen (secondary N) is 3. The number of amides is 3. The molecule has 1 saturated heterocycles. The Morgan fingerprint density at radius 3 is 2.44 bits per heavy atom. The van der Waals surface area contributed by atoms with Crippen molar-refractivity contribution < 1.29 is 9.59 Å². The molecule has 1 aliphatic rings. The minimum absolute atomic E-state index is 0.211. The zero-order valence-corrected chi connectivity index (χ0v) is 14.3. The lowest BCUT2D eigenvalue weighted by molar-refractivity contribution is -0.119. The van der Waals surface area contributed by atoms with Crippen LogP contribution in [0.5, 0.6) is 0 Å². The molecule has 5 nitrogen and oxygen atoms in total. The van der Waals surface area contributed by atoms with Crippen molar-refractivity contribution in [1.29, 1.82) is 0 Å². The lowest BCUT2D eigenvalue weighted by Crippen LogP contribution is -2.51. The van der Waals surface area contributed by atoms with Crippen molar-refractivity contribution >= 4 is 17.6 Å². The molecule has 0 radical (unpaired) electrons. The summed E-state index contributed by atoms with van der Waals surface area (Å²) >= 11 is 0. The third-order valence-corrected chi connectivity index (χ3v) is 4.39. The van der Waals surface area contributed by atoms with E-state index in [2.05, 4.69) is 22.5 Å². The van der Waals surface area contributed by atoms with E-state index < -0.39 is 12.0 Å². The van der Waals surface area contributed by atoms with Crippen LogP contribution in [0, 0.1) is 19.8 Å². The molecule has 0 spiro atoms. The summed E-state index contributed by atoms with van der Waals surface area (Å²) in [4.78, 5) is 24.8. The maximum absolute atomic E-state index is 12.9. The summed E-state index contributed by atoms with van der Waals surface area (Å²) in [6.07, 6.45) is 0. The van der Waals surface area contributed by atoms with Crippen LogP contribution in [0.3, 0.4) is 0 Å². The first-order chi connectivity index (χ1) is 12.0. The highest BCUT2D eigenvalue weighted by Crippen LogP contribution is 2.31. The zero-order chi connectivity index (χ0) is 18.0. The quantitative estimate of drug-likeness (QED) is 0.804. The van der Waals surface area contributed by atoms with Gasteiger partial charge in [0, 0.05) is 11.4 Å². The molecule has 0 aliphatic carbocycles. The topological polar surface area (TPSA) is 70.2 Å². The fourth-order valence-electron chi connectivity index (χ4n) is 2.97. The molecule has 0 bridgehead atoms. The Bertz CT molecular complexity index is 827. The molecular weight excluding hydrogens is 314 g/mol. The van der Waals surface area contributed by atoms with E-state index in [9.17, 15) is 9.59 Å². The highest BCUT2D eigenvalue weighted by molar-refractivity contribution is 5.97. The monoisotopic (exact) mass is 335 g/mol. The maximum atomic E-state index is 12.9. The summed E-state index contributed by atoms with van der Waals surface area (Å²) in [6.45, 7) is 7.82. The average Bonchev–Trinajstić information content (AvgIpc) is 2.57. The summed E-state index contributed by atoms with van der Waals surface area (Å²) in [7, 11) is 0. The number of benzene rings is 2. The van der Waals surface area contributed by atoms with Crippen LogP contribution in [0.1, 0.15) is 22.7 Å². The van der Waals surface area contributed by atoms with Crippen LogP contribution in [0.25, 0.3) is 0 Å². The Labute approximate surface area is 147 Å². The highest BCUT2D eigenvalue weighted by Gasteiger charge is 2.37. The van der Waals surface area contributed by atoms with Gasteiger partial charge in [0.05, 0.1) is 6.04 Å². The first kappa shape index (κ1) is 16.8. The minimum atomic E-state index is -0.611. The summed E-state index contributed by atoms with van der Waals surface area (Å²) in [5.74, 6) is -0.822. The van der Waals surface area contributed by atoms with Gasteiger partial charge in [-0.1, -0.05) is 54.6 Å². The first-order valence-electron chi connectivity index (χ1n) is 8.15. The standard InChI is InChI=1S/C20H21N3O2/c1-12-8-10-15(11-9-12)18-17(14(3)21-20(25)23-18)19(24)22-16-7-5-4-6-13(16)2/h4-11,17-18H,3H2,1-2H3,(H,22,24)(H2,21,23,25). The largest absolute Gasteiger partial charge is 0.330 e. The lowest BCUT2D eigenvalue weighted by atomic mass is 9.88. The Hall–Kier alpha value is -3.08. The number of hydrogen-bond acceptors (Lipinski definition) is 2. The Kier molecular flexibility index (Phi) is 4.57. The summed E-state index contributed by atoms with van der Waals surface area (Å²) < 4.78 is 0. The predicted octanol–water partition coefficient (Wildman–Crippen LogP) is 3.43. The van der Waals surface area contributed by atoms with Crippen LogP contribution in [0.4, 0.5) is 10.5 Å². The number of carbonyl (C=O) groups is 2. The van der Waals surface area contributed by atoms with Gasteiger partial charge in [0.1, 0.15) is 5.92 Å². The van der Waals surface area contributed by atoms with E-state index >= 15 is 0 Å². The fraction of sp³-hybridized carbons (Fsp3) is 0.200. The third kappa shape index (κ3) is 3.55. The molecule has 25 heavy (non-hydrogen) atoms. The second kappa shape index (κ2) is 6.81. The molecule has 3 amide bonds. The molecule has 128 valence electrons. The molecule has 1 heterocycles.